The topological polar surface area (TPSA) is 223 Å². The maximum atomic E-state index is 13.1. The van der Waals surface area contributed by atoms with Gasteiger partial charge in [0.15, 0.2) is 29.8 Å². The van der Waals surface area contributed by atoms with Crippen LogP contribution in [0.5, 0.6) is 0 Å². The number of carbonyl (C=O) groups is 6. The lowest BCUT2D eigenvalue weighted by molar-refractivity contribution is -0.688. The van der Waals surface area contributed by atoms with Crippen LogP contribution in [0.2, 0.25) is 0 Å². The number of hydrogen-bond acceptors (Lipinski definition) is 12. The van der Waals surface area contributed by atoms with Crippen molar-refractivity contribution in [2.45, 2.75) is 18.0 Å². The monoisotopic (exact) mass is 589 g/mol. The van der Waals surface area contributed by atoms with Crippen molar-refractivity contribution in [3.63, 3.8) is 0 Å². The Balaban J connectivity index is 1.53. The lowest BCUT2D eigenvalue weighted by Gasteiger charge is -2.50. The molecule has 0 bridgehead atoms. The average molecular weight is 590 g/mol. The third kappa shape index (κ3) is 6.07. The molecule has 2 atom stereocenters. The van der Waals surface area contributed by atoms with E-state index in [2.05, 4.69) is 26.1 Å². The molecule has 1 saturated heterocycles. The first-order chi connectivity index (χ1) is 19.2. The highest BCUT2D eigenvalue weighted by atomic mass is 32.2. The third-order valence-electron chi connectivity index (χ3n) is 5.47. The number of rotatable bonds is 13. The summed E-state index contributed by atoms with van der Waals surface area (Å²) in [7, 11) is 0. The van der Waals surface area contributed by atoms with Crippen molar-refractivity contribution < 1.29 is 48.4 Å². The van der Waals surface area contributed by atoms with E-state index in [0.717, 1.165) is 16.2 Å². The molecule has 0 aliphatic carbocycles. The van der Waals surface area contributed by atoms with Gasteiger partial charge < -0.3 is 35.8 Å². The molecule has 4 heterocycles. The number of hydrogen-bond donors (Lipinski definition) is 4. The molecule has 40 heavy (non-hydrogen) atoms. The Kier molecular flexibility index (Phi) is 8.70. The summed E-state index contributed by atoms with van der Waals surface area (Å²) in [6, 6.07) is 2.16. The lowest BCUT2D eigenvalue weighted by Crippen LogP contribution is -2.71. The highest BCUT2D eigenvalue weighted by Gasteiger charge is 2.53. The quantitative estimate of drug-likeness (QED) is 0.0627. The van der Waals surface area contributed by atoms with E-state index in [-0.39, 0.29) is 28.8 Å². The lowest BCUT2D eigenvalue weighted by atomic mass is 10.0. The first kappa shape index (κ1) is 28.2. The Morgan fingerprint density at radius 2 is 2.08 bits per heavy atom. The van der Waals surface area contributed by atoms with E-state index in [1.54, 1.807) is 29.1 Å². The van der Waals surface area contributed by atoms with E-state index in [1.807, 2.05) is 0 Å². The van der Waals surface area contributed by atoms with Crippen molar-refractivity contribution in [3.8, 4) is 0 Å². The van der Waals surface area contributed by atoms with E-state index in [0.29, 0.717) is 24.1 Å². The van der Waals surface area contributed by atoms with E-state index in [4.69, 9.17) is 9.94 Å². The number of carboxylic acid groups (broad SMARTS) is 2. The van der Waals surface area contributed by atoms with Crippen LogP contribution in [0, 0.1) is 0 Å². The number of nitrogens with one attached hydrogen (secondary N) is 3. The predicted molar refractivity (Wildman–Crippen MR) is 135 cm³/mol. The number of fused-ring (bicyclic) bond motifs is 1. The Morgan fingerprint density at radius 1 is 1.30 bits per heavy atom. The summed E-state index contributed by atoms with van der Waals surface area (Å²) in [4.78, 5) is 80.1. The number of β-lactam (4-membered cyclic amide) rings is 1. The van der Waals surface area contributed by atoms with Crippen molar-refractivity contribution in [2.24, 2.45) is 5.16 Å². The fourth-order valence-electron chi connectivity index (χ4n) is 3.85. The molecule has 16 nitrogen and oxygen atoms in total. The van der Waals surface area contributed by atoms with Crippen LogP contribution in [-0.4, -0.2) is 81.1 Å². The predicted octanol–water partition coefficient (Wildman–Crippen LogP) is -2.52. The molecule has 208 valence electrons. The van der Waals surface area contributed by atoms with E-state index in [1.165, 1.54) is 17.1 Å². The van der Waals surface area contributed by atoms with Gasteiger partial charge in [-0.05, 0) is 6.07 Å². The number of carbonyl (C=O) groups excluding carboxylic acids is 5. The number of aromatic nitrogens is 2. The Hall–Kier alpha value is -4.84. The summed E-state index contributed by atoms with van der Waals surface area (Å²) in [5.41, 5.74) is 0.0345. The van der Waals surface area contributed by atoms with E-state index < -0.39 is 47.5 Å². The van der Waals surface area contributed by atoms with Crippen LogP contribution >= 0.6 is 23.1 Å². The zero-order valence-corrected chi connectivity index (χ0v) is 21.8. The molecule has 0 saturated carbocycles. The standard InChI is InChI=1S/C22H19N7O9S2/c30-9-23-12-2-1-3-28(5-12)4-11-7-39-20-16(19(35)29(20)17(11)21(36)37)26-18(34)15(27-38-6-14(32)33)13-8-40-22(25-13)24-10-31/h1-3,5,8-10,16,20H,4,6-7H2,(H4-,23,24,25,26,30,31,32,33,34,36,37)/t16?,20-/m0/s1. The van der Waals surface area contributed by atoms with Crippen LogP contribution in [0.25, 0.3) is 0 Å². The minimum atomic E-state index is -1.57. The number of aliphatic carboxylic acids is 2. The van der Waals surface area contributed by atoms with Crippen LogP contribution in [0.4, 0.5) is 10.8 Å². The second-order valence-electron chi connectivity index (χ2n) is 8.03. The normalized spacial score (nSPS) is 18.2. The molecule has 18 heteroatoms. The molecule has 2 aliphatic heterocycles. The number of amides is 4. The van der Waals surface area contributed by atoms with Gasteiger partial charge in [0.25, 0.3) is 11.8 Å². The first-order valence-electron chi connectivity index (χ1n) is 11.2. The van der Waals surface area contributed by atoms with Crippen LogP contribution in [0.1, 0.15) is 5.69 Å². The zero-order valence-electron chi connectivity index (χ0n) is 20.1. The van der Waals surface area contributed by atoms with Gasteiger partial charge in [-0.25, -0.2) is 9.78 Å². The number of anilines is 2. The zero-order chi connectivity index (χ0) is 28.8. The van der Waals surface area contributed by atoms with Crippen LogP contribution < -0.4 is 25.6 Å². The Bertz CT molecular complexity index is 1440. The number of carboxylic acids is 2. The molecule has 2 aromatic heterocycles. The van der Waals surface area contributed by atoms with Gasteiger partial charge in [0.05, 0.1) is 11.7 Å². The summed E-state index contributed by atoms with van der Waals surface area (Å²) >= 11 is 2.17. The second-order valence-corrected chi connectivity index (χ2v) is 10.00. The van der Waals surface area contributed by atoms with Gasteiger partial charge in [0.1, 0.15) is 22.8 Å². The van der Waals surface area contributed by atoms with Crippen molar-refractivity contribution in [3.05, 3.63) is 46.9 Å². The van der Waals surface area contributed by atoms with Gasteiger partial charge in [-0.2, -0.15) is 4.57 Å². The van der Waals surface area contributed by atoms with Gasteiger partial charge in [-0.15, -0.1) is 23.1 Å². The summed E-state index contributed by atoms with van der Waals surface area (Å²) in [5.74, 6) is -4.38. The molecular formula is C22H19N7O9S2. The molecule has 1 unspecified atom stereocenters. The third-order valence-corrected chi connectivity index (χ3v) is 7.59. The number of pyridine rings is 1. The second kappa shape index (κ2) is 12.3. The van der Waals surface area contributed by atoms with Gasteiger partial charge in [0.2, 0.25) is 19.4 Å². The van der Waals surface area contributed by atoms with E-state index >= 15 is 0 Å². The summed E-state index contributed by atoms with van der Waals surface area (Å²) in [6.45, 7) is -0.763. The van der Waals surface area contributed by atoms with Crippen LogP contribution in [-0.2, 0) is 40.1 Å². The van der Waals surface area contributed by atoms with Crippen molar-refractivity contribution in [2.75, 3.05) is 23.0 Å². The minimum Gasteiger partial charge on any atom is -0.543 e. The van der Waals surface area contributed by atoms with Crippen LogP contribution in [0.15, 0.2) is 46.3 Å². The smallest absolute Gasteiger partial charge is 0.344 e. The molecular weight excluding hydrogens is 570 g/mol. The molecule has 0 aromatic carbocycles. The van der Waals surface area contributed by atoms with Crippen molar-refractivity contribution in [1.82, 2.24) is 15.2 Å². The minimum absolute atomic E-state index is 0.0573. The van der Waals surface area contributed by atoms with E-state index in [9.17, 15) is 33.9 Å². The highest BCUT2D eigenvalue weighted by molar-refractivity contribution is 8.00. The maximum Gasteiger partial charge on any atom is 0.344 e. The molecule has 4 rings (SSSR count). The van der Waals surface area contributed by atoms with Gasteiger partial charge >= 0.3 is 5.97 Å². The molecule has 2 aliphatic rings. The van der Waals surface area contributed by atoms with Crippen molar-refractivity contribution in [1.29, 1.82) is 0 Å². The molecule has 1 fully saturated rings. The molecule has 0 radical (unpaired) electrons. The van der Waals surface area contributed by atoms with Crippen LogP contribution in [0.3, 0.4) is 0 Å². The van der Waals surface area contributed by atoms with Crippen molar-refractivity contribution >= 4 is 76.2 Å². The summed E-state index contributed by atoms with van der Waals surface area (Å²) in [6.07, 6.45) is 4.13. The number of nitrogens with zero attached hydrogens (tertiary/aromatic N) is 4. The molecule has 0 spiro atoms. The Morgan fingerprint density at radius 3 is 2.77 bits per heavy atom. The molecule has 4 amide bonds. The largest absolute Gasteiger partial charge is 0.543 e. The molecule has 4 N–H and O–H groups in total. The SMILES string of the molecule is O=CNc1ccc[n+](CC2=C(C(=O)[O-])N3C(=O)C(NC(=O)C(=NOCC(=O)O)c4csc(NC=O)n4)[C@@H]3SC2)c1. The number of thioether (sulfide) groups is 1. The van der Waals surface area contributed by atoms with Gasteiger partial charge in [0, 0.05) is 22.8 Å². The fourth-order valence-corrected chi connectivity index (χ4v) is 5.84. The van der Waals surface area contributed by atoms with Gasteiger partial charge in [-0.1, -0.05) is 5.16 Å². The summed E-state index contributed by atoms with van der Waals surface area (Å²) in [5, 5.41) is 32.4. The maximum absolute atomic E-state index is 13.1. The Labute approximate surface area is 232 Å². The fraction of sp³-hybridized carbons (Fsp3) is 0.227. The number of thiazole rings is 1. The average Bonchev–Trinajstić information content (AvgIpc) is 3.37. The van der Waals surface area contributed by atoms with Gasteiger partial charge in [-0.3, -0.25) is 24.1 Å². The highest BCUT2D eigenvalue weighted by Crippen LogP contribution is 2.40. The molecule has 2 aromatic rings. The first-order valence-corrected chi connectivity index (χ1v) is 13.1. The summed E-state index contributed by atoms with van der Waals surface area (Å²) < 4.78 is 1.63. The number of oxime groups is 1.